The summed E-state index contributed by atoms with van der Waals surface area (Å²) in [7, 11) is 0. The lowest BCUT2D eigenvalue weighted by Gasteiger charge is -1.83. The lowest BCUT2D eigenvalue weighted by atomic mass is 10.7. The zero-order valence-corrected chi connectivity index (χ0v) is 8.74. The minimum absolute atomic E-state index is 0.958. The fourth-order valence-electron chi connectivity index (χ4n) is 0.940. The minimum atomic E-state index is 0.958. The average Bonchev–Trinajstić information content (AvgIpc) is 3.09. The van der Waals surface area contributed by atoms with E-state index in [1.54, 1.807) is 12.7 Å². The molecule has 0 spiro atoms. The van der Waals surface area contributed by atoms with E-state index in [2.05, 4.69) is 31.5 Å². The summed E-state index contributed by atoms with van der Waals surface area (Å²) in [4.78, 5) is 7.69. The van der Waals surface area contributed by atoms with Crippen LogP contribution in [0.15, 0.2) is 22.3 Å². The molecule has 0 saturated carbocycles. The number of aliphatic imine (C=N–C) groups is 2. The molecule has 0 radical (unpaired) electrons. The van der Waals surface area contributed by atoms with E-state index in [-0.39, 0.29) is 0 Å². The second-order valence-electron chi connectivity index (χ2n) is 2.91. The van der Waals surface area contributed by atoms with E-state index in [1.165, 1.54) is 0 Å². The van der Waals surface area contributed by atoms with Crippen molar-refractivity contribution in [2.45, 2.75) is 0 Å². The molecule has 0 aromatic carbocycles. The van der Waals surface area contributed by atoms with Crippen molar-refractivity contribution in [3.8, 4) is 0 Å². The molecule has 3 aliphatic rings. The molecule has 0 bridgehead atoms. The third-order valence-corrected chi connectivity index (χ3v) is 1.66. The molecule has 0 atom stereocenters. The Balaban J connectivity index is 0.000000112. The molecule has 6 heteroatoms. The first-order valence-corrected chi connectivity index (χ1v) is 5.07. The molecule has 0 aromatic heterocycles. The Morgan fingerprint density at radius 3 is 1.73 bits per heavy atom. The minimum Gasteiger partial charge on any atom is -0.375 e. The van der Waals surface area contributed by atoms with Gasteiger partial charge in [0.25, 0.3) is 0 Å². The maximum absolute atomic E-state index is 3.85. The average molecular weight is 210 g/mol. The molecule has 0 saturated heterocycles. The van der Waals surface area contributed by atoms with Crippen LogP contribution in [-0.4, -0.2) is 45.4 Å². The first kappa shape index (κ1) is 11.5. The lowest BCUT2D eigenvalue weighted by molar-refractivity contribution is 0.727. The highest BCUT2D eigenvalue weighted by Crippen LogP contribution is 1.69. The van der Waals surface area contributed by atoms with Crippen molar-refractivity contribution in [1.29, 1.82) is 0 Å². The summed E-state index contributed by atoms with van der Waals surface area (Å²) in [5.74, 6) is 0. The normalized spacial score (nSPS) is 19.2. The molecule has 0 fully saturated rings. The maximum Gasteiger partial charge on any atom is 0.0825 e. The fraction of sp³-hybridized carbons (Fsp3) is 0.556. The van der Waals surface area contributed by atoms with Crippen LogP contribution in [0.3, 0.4) is 0 Å². The number of nitrogens with zero attached hydrogens (tertiary/aromatic N) is 2. The number of hydrogen-bond donors (Lipinski definition) is 4. The van der Waals surface area contributed by atoms with Crippen LogP contribution >= 0.6 is 0 Å². The Hall–Kier alpha value is -1.56. The Bertz CT molecular complexity index is 167. The smallest absolute Gasteiger partial charge is 0.0825 e. The van der Waals surface area contributed by atoms with Gasteiger partial charge in [0, 0.05) is 25.8 Å². The first-order chi connectivity index (χ1) is 7.50. The maximum atomic E-state index is 3.85. The largest absolute Gasteiger partial charge is 0.375 e. The van der Waals surface area contributed by atoms with Gasteiger partial charge in [0.1, 0.15) is 0 Å². The molecule has 3 rings (SSSR count). The van der Waals surface area contributed by atoms with Crippen LogP contribution in [-0.2, 0) is 0 Å². The number of hydrazine groups is 1. The van der Waals surface area contributed by atoms with E-state index < -0.39 is 0 Å². The number of hydrogen-bond acceptors (Lipinski definition) is 6. The van der Waals surface area contributed by atoms with Gasteiger partial charge in [-0.05, 0) is 0 Å². The first-order valence-electron chi connectivity index (χ1n) is 5.07. The quantitative estimate of drug-likeness (QED) is 0.407. The van der Waals surface area contributed by atoms with Crippen molar-refractivity contribution in [2.75, 3.05) is 32.7 Å². The van der Waals surface area contributed by atoms with Crippen LogP contribution < -0.4 is 21.5 Å². The van der Waals surface area contributed by atoms with Gasteiger partial charge in [-0.1, -0.05) is 6.08 Å². The standard InChI is InChI=1S/3C3H6N2/c2*1-2-5-3-4-1;1-2-4-5-3-1/h2*3H,1-2H2,(H,4,5);1-2,4-5H,3H2. The predicted molar refractivity (Wildman–Crippen MR) is 63.0 cm³/mol. The van der Waals surface area contributed by atoms with Crippen molar-refractivity contribution < 1.29 is 0 Å². The van der Waals surface area contributed by atoms with Gasteiger partial charge in [-0.3, -0.25) is 9.98 Å². The van der Waals surface area contributed by atoms with Crippen LogP contribution in [0.4, 0.5) is 0 Å². The summed E-state index contributed by atoms with van der Waals surface area (Å²) in [5, 5.41) is 5.86. The second kappa shape index (κ2) is 9.01. The van der Waals surface area contributed by atoms with Crippen LogP contribution in [0.5, 0.6) is 0 Å². The molecule has 0 aliphatic carbocycles. The third-order valence-electron chi connectivity index (χ3n) is 1.66. The fourth-order valence-corrected chi connectivity index (χ4v) is 0.940. The van der Waals surface area contributed by atoms with Crippen LogP contribution in [0.2, 0.25) is 0 Å². The third kappa shape index (κ3) is 7.51. The van der Waals surface area contributed by atoms with Gasteiger partial charge >= 0.3 is 0 Å². The summed E-state index contributed by atoms with van der Waals surface area (Å²) in [6.07, 6.45) is 7.36. The molecule has 0 unspecified atom stereocenters. The SMILES string of the molecule is C1=CNNC1.C1=NCCN1.C1=NCCN1. The molecule has 3 heterocycles. The zero-order valence-electron chi connectivity index (χ0n) is 8.74. The molecule has 4 N–H and O–H groups in total. The Labute approximate surface area is 89.9 Å². The summed E-state index contributed by atoms with van der Waals surface area (Å²) >= 11 is 0. The zero-order chi connectivity index (χ0) is 10.6. The highest BCUT2D eigenvalue weighted by Gasteiger charge is 1.83. The van der Waals surface area contributed by atoms with E-state index in [9.17, 15) is 0 Å². The van der Waals surface area contributed by atoms with E-state index in [4.69, 9.17) is 0 Å². The summed E-state index contributed by atoms with van der Waals surface area (Å²) in [6.45, 7) is 4.93. The van der Waals surface area contributed by atoms with Gasteiger partial charge in [-0.25, -0.2) is 5.43 Å². The topological polar surface area (TPSA) is 72.8 Å². The van der Waals surface area contributed by atoms with Gasteiger partial charge < -0.3 is 16.1 Å². The van der Waals surface area contributed by atoms with E-state index >= 15 is 0 Å². The Morgan fingerprint density at radius 1 is 0.933 bits per heavy atom. The molecular weight excluding hydrogens is 192 g/mol. The van der Waals surface area contributed by atoms with E-state index in [1.807, 2.05) is 12.3 Å². The van der Waals surface area contributed by atoms with Crippen molar-refractivity contribution in [3.63, 3.8) is 0 Å². The highest BCUT2D eigenvalue weighted by molar-refractivity contribution is 5.56. The Kier molecular flexibility index (Phi) is 6.92. The highest BCUT2D eigenvalue weighted by atomic mass is 15.4. The molecule has 0 aromatic rings. The molecule has 0 amide bonds. The van der Waals surface area contributed by atoms with Crippen molar-refractivity contribution >= 4 is 12.7 Å². The number of nitrogens with one attached hydrogen (secondary N) is 4. The van der Waals surface area contributed by atoms with Gasteiger partial charge in [-0.2, -0.15) is 0 Å². The van der Waals surface area contributed by atoms with Crippen molar-refractivity contribution in [3.05, 3.63) is 12.3 Å². The molecule has 84 valence electrons. The van der Waals surface area contributed by atoms with Gasteiger partial charge in [0.2, 0.25) is 0 Å². The van der Waals surface area contributed by atoms with Gasteiger partial charge in [0.15, 0.2) is 0 Å². The van der Waals surface area contributed by atoms with E-state index in [0.29, 0.717) is 0 Å². The monoisotopic (exact) mass is 210 g/mol. The Morgan fingerprint density at radius 2 is 1.60 bits per heavy atom. The number of rotatable bonds is 0. The van der Waals surface area contributed by atoms with Crippen LogP contribution in [0, 0.1) is 0 Å². The summed E-state index contributed by atoms with van der Waals surface area (Å²) in [5.41, 5.74) is 5.65. The van der Waals surface area contributed by atoms with Gasteiger partial charge in [-0.15, -0.1) is 0 Å². The van der Waals surface area contributed by atoms with Crippen molar-refractivity contribution in [2.24, 2.45) is 9.98 Å². The molecular formula is C9H18N6. The summed E-state index contributed by atoms with van der Waals surface area (Å²) < 4.78 is 0. The second-order valence-corrected chi connectivity index (χ2v) is 2.91. The van der Waals surface area contributed by atoms with Crippen LogP contribution in [0.1, 0.15) is 0 Å². The molecule has 6 nitrogen and oxygen atoms in total. The predicted octanol–water partition coefficient (Wildman–Crippen LogP) is -1.16. The van der Waals surface area contributed by atoms with Crippen molar-refractivity contribution in [1.82, 2.24) is 21.5 Å². The summed E-state index contributed by atoms with van der Waals surface area (Å²) in [6, 6.07) is 0. The molecule has 15 heavy (non-hydrogen) atoms. The lowest BCUT2D eigenvalue weighted by Crippen LogP contribution is -2.19. The van der Waals surface area contributed by atoms with Crippen LogP contribution in [0.25, 0.3) is 0 Å². The molecule has 3 aliphatic heterocycles. The van der Waals surface area contributed by atoms with Gasteiger partial charge in [0.05, 0.1) is 25.8 Å². The van der Waals surface area contributed by atoms with E-state index in [0.717, 1.165) is 32.7 Å².